The van der Waals surface area contributed by atoms with E-state index in [1.807, 2.05) is 7.05 Å². The molecular weight excluding hydrogens is 254 g/mol. The largest absolute Gasteiger partial charge is 0.370 e. The second-order valence-corrected chi connectivity index (χ2v) is 6.58. The fraction of sp³-hybridized carbons (Fsp3) is 0.600. The molecule has 104 valence electrons. The summed E-state index contributed by atoms with van der Waals surface area (Å²) in [4.78, 5) is 2.58. The zero-order chi connectivity index (χ0) is 13.1. The van der Waals surface area contributed by atoms with Gasteiger partial charge >= 0.3 is 0 Å². The molecule has 1 saturated heterocycles. The first-order chi connectivity index (χ1) is 9.38. The van der Waals surface area contributed by atoms with Crippen LogP contribution in [0.15, 0.2) is 18.2 Å². The average molecular weight is 277 g/mol. The molecule has 0 saturated carbocycles. The molecule has 1 fully saturated rings. The third-order valence-electron chi connectivity index (χ3n) is 4.08. The van der Waals surface area contributed by atoms with Crippen molar-refractivity contribution in [1.29, 1.82) is 0 Å². The fourth-order valence-corrected chi connectivity index (χ4v) is 3.99. The van der Waals surface area contributed by atoms with Crippen molar-refractivity contribution in [2.24, 2.45) is 0 Å². The summed E-state index contributed by atoms with van der Waals surface area (Å²) in [5, 5.41) is 6.91. The van der Waals surface area contributed by atoms with Crippen molar-refractivity contribution in [3.63, 3.8) is 0 Å². The van der Waals surface area contributed by atoms with Gasteiger partial charge in [0, 0.05) is 49.4 Å². The van der Waals surface area contributed by atoms with Gasteiger partial charge in [-0.25, -0.2) is 0 Å². The molecule has 1 aromatic rings. The summed E-state index contributed by atoms with van der Waals surface area (Å²) >= 11 is 2.08. The summed E-state index contributed by atoms with van der Waals surface area (Å²) in [6.07, 6.45) is 1.15. The zero-order valence-electron chi connectivity index (χ0n) is 11.6. The third-order valence-corrected chi connectivity index (χ3v) is 5.02. The van der Waals surface area contributed by atoms with Crippen molar-refractivity contribution >= 4 is 17.4 Å². The van der Waals surface area contributed by atoms with Gasteiger partial charge in [0.1, 0.15) is 0 Å². The molecule has 0 radical (unpaired) electrons. The molecule has 2 N–H and O–H groups in total. The van der Waals surface area contributed by atoms with Crippen LogP contribution in [0.2, 0.25) is 0 Å². The molecule has 1 atom stereocenters. The number of hydrogen-bond acceptors (Lipinski definition) is 4. The summed E-state index contributed by atoms with van der Waals surface area (Å²) in [6.45, 7) is 4.46. The van der Waals surface area contributed by atoms with Crippen molar-refractivity contribution in [2.75, 3.05) is 43.1 Å². The predicted octanol–water partition coefficient (Wildman–Crippen LogP) is 1.47. The molecule has 2 heterocycles. The molecule has 0 aromatic heterocycles. The number of nitrogens with one attached hydrogen (secondary N) is 2. The lowest BCUT2D eigenvalue weighted by atomic mass is 9.93. The molecule has 2 aliphatic heterocycles. The van der Waals surface area contributed by atoms with Crippen LogP contribution in [-0.4, -0.2) is 44.2 Å². The maximum Gasteiger partial charge on any atom is 0.0403 e. The Bertz CT molecular complexity index is 429. The van der Waals surface area contributed by atoms with E-state index in [4.69, 9.17) is 0 Å². The smallest absolute Gasteiger partial charge is 0.0403 e. The van der Waals surface area contributed by atoms with Gasteiger partial charge in [-0.2, -0.15) is 11.8 Å². The molecule has 1 unspecified atom stereocenters. The van der Waals surface area contributed by atoms with E-state index in [1.165, 1.54) is 35.8 Å². The first-order valence-corrected chi connectivity index (χ1v) is 8.35. The summed E-state index contributed by atoms with van der Waals surface area (Å²) < 4.78 is 0. The van der Waals surface area contributed by atoms with Crippen LogP contribution < -0.4 is 15.5 Å². The van der Waals surface area contributed by atoms with Gasteiger partial charge in [0.15, 0.2) is 0 Å². The van der Waals surface area contributed by atoms with Crippen LogP contribution in [0.1, 0.15) is 11.1 Å². The fourth-order valence-electron chi connectivity index (χ4n) is 3.09. The van der Waals surface area contributed by atoms with Crippen molar-refractivity contribution < 1.29 is 0 Å². The Labute approximate surface area is 120 Å². The number of benzene rings is 1. The molecule has 3 nitrogen and oxygen atoms in total. The van der Waals surface area contributed by atoms with E-state index in [9.17, 15) is 0 Å². The Morgan fingerprint density at radius 1 is 1.37 bits per heavy atom. The molecule has 0 spiro atoms. The minimum absolute atomic E-state index is 0.567. The highest BCUT2D eigenvalue weighted by atomic mass is 32.2. The van der Waals surface area contributed by atoms with Gasteiger partial charge in [-0.1, -0.05) is 12.1 Å². The normalized spacial score (nSPS) is 23.2. The van der Waals surface area contributed by atoms with Gasteiger partial charge in [-0.15, -0.1) is 0 Å². The molecule has 3 rings (SSSR count). The van der Waals surface area contributed by atoms with E-state index in [2.05, 4.69) is 45.5 Å². The van der Waals surface area contributed by atoms with Crippen molar-refractivity contribution in [3.8, 4) is 0 Å². The topological polar surface area (TPSA) is 27.3 Å². The summed E-state index contributed by atoms with van der Waals surface area (Å²) in [5.41, 5.74) is 4.55. The van der Waals surface area contributed by atoms with E-state index >= 15 is 0 Å². The molecule has 0 amide bonds. The predicted molar refractivity (Wildman–Crippen MR) is 84.2 cm³/mol. The van der Waals surface area contributed by atoms with Crippen molar-refractivity contribution in [2.45, 2.75) is 19.0 Å². The first-order valence-electron chi connectivity index (χ1n) is 7.20. The maximum absolute atomic E-state index is 3.62. The molecule has 4 heteroatoms. The highest BCUT2D eigenvalue weighted by Crippen LogP contribution is 2.29. The lowest BCUT2D eigenvalue weighted by Gasteiger charge is -2.34. The second kappa shape index (κ2) is 6.16. The van der Waals surface area contributed by atoms with Gasteiger partial charge < -0.3 is 15.5 Å². The van der Waals surface area contributed by atoms with E-state index < -0.39 is 0 Å². The van der Waals surface area contributed by atoms with Crippen LogP contribution in [0.4, 0.5) is 5.69 Å². The molecular formula is C15H23N3S. The molecule has 19 heavy (non-hydrogen) atoms. The van der Waals surface area contributed by atoms with Crippen LogP contribution in [0, 0.1) is 0 Å². The van der Waals surface area contributed by atoms with Gasteiger partial charge in [-0.05, 0) is 30.7 Å². The Hall–Kier alpha value is -0.710. The maximum atomic E-state index is 3.62. The van der Waals surface area contributed by atoms with Crippen molar-refractivity contribution in [3.05, 3.63) is 29.3 Å². The van der Waals surface area contributed by atoms with E-state index in [-0.39, 0.29) is 0 Å². The highest BCUT2D eigenvalue weighted by Gasteiger charge is 2.22. The van der Waals surface area contributed by atoms with E-state index in [0.29, 0.717) is 6.04 Å². The second-order valence-electron chi connectivity index (χ2n) is 5.35. The van der Waals surface area contributed by atoms with Gasteiger partial charge in [0.25, 0.3) is 0 Å². The quantitative estimate of drug-likeness (QED) is 0.875. The van der Waals surface area contributed by atoms with Crippen LogP contribution in [-0.2, 0) is 13.0 Å². The molecule has 0 aliphatic carbocycles. The number of thioether (sulfide) groups is 1. The Morgan fingerprint density at radius 3 is 3.00 bits per heavy atom. The van der Waals surface area contributed by atoms with Crippen LogP contribution in [0.3, 0.4) is 0 Å². The zero-order valence-corrected chi connectivity index (χ0v) is 12.4. The van der Waals surface area contributed by atoms with Gasteiger partial charge in [0.05, 0.1) is 0 Å². The first kappa shape index (κ1) is 13.3. The number of fused-ring (bicyclic) bond motifs is 1. The summed E-state index contributed by atoms with van der Waals surface area (Å²) in [5.74, 6) is 2.53. The lowest BCUT2D eigenvalue weighted by Crippen LogP contribution is -2.43. The number of likely N-dealkylation sites (N-methyl/N-ethyl adjacent to an activating group) is 1. The van der Waals surface area contributed by atoms with E-state index in [0.717, 1.165) is 19.5 Å². The monoisotopic (exact) mass is 277 g/mol. The van der Waals surface area contributed by atoms with Crippen LogP contribution in [0.5, 0.6) is 0 Å². The number of anilines is 1. The highest BCUT2D eigenvalue weighted by molar-refractivity contribution is 7.99. The standard InChI is InChI=1S/C15H23N3S/c1-16-11-13-9-14-12(10-17-13)3-2-4-15(14)18-5-7-19-8-6-18/h2-4,13,16-17H,5-11H2,1H3. The minimum Gasteiger partial charge on any atom is -0.370 e. The number of nitrogens with zero attached hydrogens (tertiary/aromatic N) is 1. The minimum atomic E-state index is 0.567. The van der Waals surface area contributed by atoms with Crippen LogP contribution >= 0.6 is 11.8 Å². The molecule has 0 bridgehead atoms. The SMILES string of the molecule is CNCC1Cc2c(cccc2N2CCSCC2)CN1. The lowest BCUT2D eigenvalue weighted by molar-refractivity contribution is 0.462. The van der Waals surface area contributed by atoms with Crippen molar-refractivity contribution in [1.82, 2.24) is 10.6 Å². The summed E-state index contributed by atoms with van der Waals surface area (Å²) in [6, 6.07) is 7.38. The molecule has 1 aromatic carbocycles. The van der Waals surface area contributed by atoms with Gasteiger partial charge in [-0.3, -0.25) is 0 Å². The average Bonchev–Trinajstić information content (AvgIpc) is 2.48. The van der Waals surface area contributed by atoms with E-state index in [1.54, 1.807) is 5.56 Å². The van der Waals surface area contributed by atoms with Gasteiger partial charge in [0.2, 0.25) is 0 Å². The Balaban J connectivity index is 1.85. The number of rotatable bonds is 3. The molecule has 2 aliphatic rings. The number of hydrogen-bond donors (Lipinski definition) is 2. The summed E-state index contributed by atoms with van der Waals surface area (Å²) in [7, 11) is 2.03. The Kier molecular flexibility index (Phi) is 4.31. The van der Waals surface area contributed by atoms with Crippen LogP contribution in [0.25, 0.3) is 0 Å². The third kappa shape index (κ3) is 2.91. The Morgan fingerprint density at radius 2 is 2.21 bits per heavy atom.